The van der Waals surface area contributed by atoms with E-state index >= 15 is 0 Å². The molecule has 1 aliphatic rings. The van der Waals surface area contributed by atoms with Gasteiger partial charge in [0.2, 0.25) is 0 Å². The molecule has 86 valence electrons. The van der Waals surface area contributed by atoms with Gasteiger partial charge in [0.15, 0.2) is 5.78 Å². The van der Waals surface area contributed by atoms with Crippen LogP contribution in [-0.4, -0.2) is 21.1 Å². The Hall–Kier alpha value is -2.10. The maximum atomic E-state index is 11.9. The van der Waals surface area contributed by atoms with Gasteiger partial charge in [-0.25, -0.2) is 0 Å². The van der Waals surface area contributed by atoms with Gasteiger partial charge in [0.1, 0.15) is 5.75 Å². The average Bonchev–Trinajstić information content (AvgIpc) is 2.78. The van der Waals surface area contributed by atoms with E-state index in [1.165, 1.54) is 0 Å². The van der Waals surface area contributed by atoms with Crippen molar-refractivity contribution in [2.45, 2.75) is 18.8 Å². The summed E-state index contributed by atoms with van der Waals surface area (Å²) >= 11 is 0. The highest BCUT2D eigenvalue weighted by molar-refractivity contribution is 5.98. The number of phenolic OH excluding ortho intramolecular Hbond substituents is 1. The van der Waals surface area contributed by atoms with E-state index in [1.807, 2.05) is 12.1 Å². The van der Waals surface area contributed by atoms with E-state index in [2.05, 4.69) is 10.2 Å². The lowest BCUT2D eigenvalue weighted by molar-refractivity contribution is 0.0964. The molecule has 0 radical (unpaired) electrons. The highest BCUT2D eigenvalue weighted by atomic mass is 16.3. The van der Waals surface area contributed by atoms with Crippen LogP contribution in [0.3, 0.4) is 0 Å². The fraction of sp³-hybridized carbons (Fsp3) is 0.231. The van der Waals surface area contributed by atoms with Crippen molar-refractivity contribution < 1.29 is 9.90 Å². The van der Waals surface area contributed by atoms with Crippen LogP contribution in [0.1, 0.15) is 34.0 Å². The standard InChI is InChI=1S/C13H12N2O2/c16-12-4-2-1-3-9(12)8-5-11-10(7-14-15-11)13(17)6-8/h1-4,7-8,16H,5-6H2,(H,14,15)/t8-/m1/s1. The number of hydrogen-bond acceptors (Lipinski definition) is 3. The molecule has 0 fully saturated rings. The lowest BCUT2D eigenvalue weighted by atomic mass is 9.82. The number of nitrogens with zero attached hydrogens (tertiary/aromatic N) is 1. The number of Topliss-reactive ketones (excluding diaryl/α,β-unsaturated/α-hetero) is 1. The summed E-state index contributed by atoms with van der Waals surface area (Å²) in [5, 5.41) is 16.6. The molecular weight excluding hydrogens is 216 g/mol. The zero-order valence-corrected chi connectivity index (χ0v) is 9.18. The molecule has 4 heteroatoms. The zero-order valence-electron chi connectivity index (χ0n) is 9.18. The maximum Gasteiger partial charge on any atom is 0.166 e. The second kappa shape index (κ2) is 3.73. The lowest BCUT2D eigenvalue weighted by Crippen LogP contribution is -2.18. The molecule has 0 unspecified atom stereocenters. The van der Waals surface area contributed by atoms with Crippen LogP contribution in [0.5, 0.6) is 5.75 Å². The predicted octanol–water partition coefficient (Wildman–Crippen LogP) is 2.03. The van der Waals surface area contributed by atoms with Crippen molar-refractivity contribution in [1.29, 1.82) is 0 Å². The number of carbonyl (C=O) groups is 1. The second-order valence-corrected chi connectivity index (χ2v) is 4.35. The first kappa shape index (κ1) is 10.1. The number of hydrogen-bond donors (Lipinski definition) is 2. The molecule has 1 heterocycles. The van der Waals surface area contributed by atoms with Crippen LogP contribution in [0.2, 0.25) is 0 Å². The topological polar surface area (TPSA) is 66.0 Å². The van der Waals surface area contributed by atoms with Crippen LogP contribution in [0.4, 0.5) is 0 Å². The predicted molar refractivity (Wildman–Crippen MR) is 62.1 cm³/mol. The van der Waals surface area contributed by atoms with Gasteiger partial charge in [-0.3, -0.25) is 9.89 Å². The van der Waals surface area contributed by atoms with Gasteiger partial charge in [0.25, 0.3) is 0 Å². The molecular formula is C13H12N2O2. The normalized spacial score (nSPS) is 19.1. The molecule has 0 aliphatic heterocycles. The molecule has 0 saturated carbocycles. The number of para-hydroxylation sites is 1. The Kier molecular flexibility index (Phi) is 2.21. The zero-order chi connectivity index (χ0) is 11.8. The van der Waals surface area contributed by atoms with Gasteiger partial charge >= 0.3 is 0 Å². The lowest BCUT2D eigenvalue weighted by Gasteiger charge is -2.21. The fourth-order valence-electron chi connectivity index (χ4n) is 2.41. The smallest absolute Gasteiger partial charge is 0.166 e. The van der Waals surface area contributed by atoms with Gasteiger partial charge in [0, 0.05) is 18.0 Å². The minimum Gasteiger partial charge on any atom is -0.508 e. The van der Waals surface area contributed by atoms with E-state index in [0.29, 0.717) is 12.0 Å². The van der Waals surface area contributed by atoms with Gasteiger partial charge in [-0.1, -0.05) is 18.2 Å². The summed E-state index contributed by atoms with van der Waals surface area (Å²) in [5.74, 6) is 0.387. The number of ketones is 1. The number of rotatable bonds is 1. The Labute approximate surface area is 98.3 Å². The number of phenols is 1. The molecule has 0 amide bonds. The van der Waals surface area contributed by atoms with Crippen LogP contribution >= 0.6 is 0 Å². The van der Waals surface area contributed by atoms with Crippen LogP contribution in [0.15, 0.2) is 30.5 Å². The maximum absolute atomic E-state index is 11.9. The van der Waals surface area contributed by atoms with Crippen molar-refractivity contribution >= 4 is 5.78 Å². The number of fused-ring (bicyclic) bond motifs is 1. The van der Waals surface area contributed by atoms with Crippen molar-refractivity contribution in [2.24, 2.45) is 0 Å². The third-order valence-electron chi connectivity index (χ3n) is 3.28. The molecule has 1 atom stereocenters. The molecule has 0 saturated heterocycles. The van der Waals surface area contributed by atoms with E-state index in [1.54, 1.807) is 18.3 Å². The number of carbonyl (C=O) groups excluding carboxylic acids is 1. The van der Waals surface area contributed by atoms with Crippen LogP contribution < -0.4 is 0 Å². The Bertz CT molecular complexity index is 574. The summed E-state index contributed by atoms with van der Waals surface area (Å²) in [6.45, 7) is 0. The highest BCUT2D eigenvalue weighted by Crippen LogP contribution is 2.35. The Morgan fingerprint density at radius 3 is 2.94 bits per heavy atom. The summed E-state index contributed by atoms with van der Waals surface area (Å²) in [6, 6.07) is 7.18. The molecule has 0 spiro atoms. The number of nitrogens with one attached hydrogen (secondary N) is 1. The van der Waals surface area contributed by atoms with Crippen LogP contribution in [0, 0.1) is 0 Å². The van der Waals surface area contributed by atoms with Crippen molar-refractivity contribution in [2.75, 3.05) is 0 Å². The highest BCUT2D eigenvalue weighted by Gasteiger charge is 2.28. The number of aromatic nitrogens is 2. The summed E-state index contributed by atoms with van der Waals surface area (Å²) in [6.07, 6.45) is 2.74. The number of aromatic hydroxyl groups is 1. The first-order chi connectivity index (χ1) is 8.25. The largest absolute Gasteiger partial charge is 0.508 e. The number of benzene rings is 1. The van der Waals surface area contributed by atoms with Crippen molar-refractivity contribution in [3.05, 3.63) is 47.3 Å². The summed E-state index contributed by atoms with van der Waals surface area (Å²) < 4.78 is 0. The van der Waals surface area contributed by atoms with E-state index in [-0.39, 0.29) is 17.5 Å². The van der Waals surface area contributed by atoms with Crippen LogP contribution in [-0.2, 0) is 6.42 Å². The minimum absolute atomic E-state index is 0.0386. The summed E-state index contributed by atoms with van der Waals surface area (Å²) in [7, 11) is 0. The SMILES string of the molecule is O=C1C[C@H](c2ccccc2O)Cc2[nH]ncc21. The average molecular weight is 228 g/mol. The Morgan fingerprint density at radius 1 is 1.29 bits per heavy atom. The molecule has 2 N–H and O–H groups in total. The first-order valence-corrected chi connectivity index (χ1v) is 5.59. The third-order valence-corrected chi connectivity index (χ3v) is 3.28. The van der Waals surface area contributed by atoms with Crippen LogP contribution in [0.25, 0.3) is 0 Å². The van der Waals surface area contributed by atoms with E-state index in [0.717, 1.165) is 17.7 Å². The first-order valence-electron chi connectivity index (χ1n) is 5.59. The second-order valence-electron chi connectivity index (χ2n) is 4.35. The summed E-state index contributed by atoms with van der Waals surface area (Å²) in [5.41, 5.74) is 2.40. The molecule has 2 aromatic rings. The Morgan fingerprint density at radius 2 is 2.12 bits per heavy atom. The molecule has 3 rings (SSSR count). The quantitative estimate of drug-likeness (QED) is 0.784. The Balaban J connectivity index is 1.99. The molecule has 17 heavy (non-hydrogen) atoms. The molecule has 0 bridgehead atoms. The van der Waals surface area contributed by atoms with Gasteiger partial charge in [-0.05, 0) is 18.1 Å². The number of H-pyrrole nitrogens is 1. The molecule has 1 aromatic heterocycles. The molecule has 4 nitrogen and oxygen atoms in total. The van der Waals surface area contributed by atoms with E-state index in [9.17, 15) is 9.90 Å². The summed E-state index contributed by atoms with van der Waals surface area (Å²) in [4.78, 5) is 11.9. The van der Waals surface area contributed by atoms with Gasteiger partial charge in [-0.2, -0.15) is 5.10 Å². The van der Waals surface area contributed by atoms with Gasteiger partial charge < -0.3 is 5.11 Å². The van der Waals surface area contributed by atoms with E-state index in [4.69, 9.17) is 0 Å². The number of aromatic amines is 1. The van der Waals surface area contributed by atoms with Gasteiger partial charge in [0.05, 0.1) is 11.8 Å². The molecule has 1 aromatic carbocycles. The van der Waals surface area contributed by atoms with Crippen molar-refractivity contribution in [3.8, 4) is 5.75 Å². The monoisotopic (exact) mass is 228 g/mol. The van der Waals surface area contributed by atoms with Crippen molar-refractivity contribution in [1.82, 2.24) is 10.2 Å². The fourth-order valence-corrected chi connectivity index (χ4v) is 2.41. The minimum atomic E-state index is 0.0386. The molecule has 1 aliphatic carbocycles. The third kappa shape index (κ3) is 1.62. The van der Waals surface area contributed by atoms with Gasteiger partial charge in [-0.15, -0.1) is 0 Å². The van der Waals surface area contributed by atoms with Crippen molar-refractivity contribution in [3.63, 3.8) is 0 Å². The van der Waals surface area contributed by atoms with E-state index < -0.39 is 0 Å².